The summed E-state index contributed by atoms with van der Waals surface area (Å²) in [6.07, 6.45) is 2.91. The van der Waals surface area contributed by atoms with Gasteiger partial charge in [0.1, 0.15) is 6.04 Å². The molecule has 1 N–H and O–H groups in total. The van der Waals surface area contributed by atoms with Gasteiger partial charge in [0.25, 0.3) is 0 Å². The van der Waals surface area contributed by atoms with Crippen molar-refractivity contribution in [3.8, 4) is 6.07 Å². The molecular weight excluding hydrogens is 352 g/mol. The summed E-state index contributed by atoms with van der Waals surface area (Å²) in [5.41, 5.74) is 2.60. The molecular formula is C22H30N4O2. The Morgan fingerprint density at radius 1 is 1.21 bits per heavy atom. The molecule has 0 spiro atoms. The Balaban J connectivity index is 1.51. The van der Waals surface area contributed by atoms with E-state index in [9.17, 15) is 9.59 Å². The van der Waals surface area contributed by atoms with Crippen molar-refractivity contribution in [1.82, 2.24) is 15.1 Å². The number of nitriles is 1. The third-order valence-electron chi connectivity index (χ3n) is 5.80. The van der Waals surface area contributed by atoms with Gasteiger partial charge < -0.3 is 15.1 Å². The van der Waals surface area contributed by atoms with Crippen molar-refractivity contribution in [3.63, 3.8) is 0 Å². The van der Waals surface area contributed by atoms with Crippen LogP contribution in [0.3, 0.4) is 0 Å². The number of hydrogen-bond acceptors (Lipinski definition) is 4. The highest BCUT2D eigenvalue weighted by molar-refractivity contribution is 5.80. The maximum Gasteiger partial charge on any atom is 0.237 e. The van der Waals surface area contributed by atoms with Crippen LogP contribution in [0.5, 0.6) is 0 Å². The lowest BCUT2D eigenvalue weighted by atomic mass is 9.86. The first-order valence-electron chi connectivity index (χ1n) is 10.3. The van der Waals surface area contributed by atoms with E-state index in [4.69, 9.17) is 5.26 Å². The molecule has 2 aliphatic heterocycles. The van der Waals surface area contributed by atoms with Gasteiger partial charge in [0.05, 0.1) is 18.7 Å². The van der Waals surface area contributed by atoms with E-state index in [0.717, 1.165) is 25.8 Å². The summed E-state index contributed by atoms with van der Waals surface area (Å²) in [7, 11) is 0. The molecule has 1 saturated heterocycles. The van der Waals surface area contributed by atoms with Crippen LogP contribution in [0.4, 0.5) is 0 Å². The zero-order chi connectivity index (χ0) is 20.1. The van der Waals surface area contributed by atoms with Gasteiger partial charge in [-0.2, -0.15) is 5.26 Å². The number of nitrogens with one attached hydrogen (secondary N) is 1. The topological polar surface area (TPSA) is 76.4 Å². The third kappa shape index (κ3) is 4.36. The number of rotatable bonds is 6. The number of likely N-dealkylation sites (tertiary alicyclic amines) is 1. The molecule has 2 atom stereocenters. The van der Waals surface area contributed by atoms with Crippen molar-refractivity contribution in [2.24, 2.45) is 5.92 Å². The largest absolute Gasteiger partial charge is 0.335 e. The van der Waals surface area contributed by atoms with E-state index in [2.05, 4.69) is 43.4 Å². The summed E-state index contributed by atoms with van der Waals surface area (Å²) in [5, 5.41) is 12.2. The van der Waals surface area contributed by atoms with Gasteiger partial charge in [0.2, 0.25) is 11.8 Å². The highest BCUT2D eigenvalue weighted by Gasteiger charge is 2.32. The van der Waals surface area contributed by atoms with Crippen LogP contribution in [0.15, 0.2) is 24.3 Å². The van der Waals surface area contributed by atoms with E-state index in [-0.39, 0.29) is 30.4 Å². The van der Waals surface area contributed by atoms with Crippen LogP contribution in [-0.4, -0.2) is 53.8 Å². The summed E-state index contributed by atoms with van der Waals surface area (Å²) in [4.78, 5) is 28.8. The van der Waals surface area contributed by atoms with E-state index >= 15 is 0 Å². The zero-order valence-electron chi connectivity index (χ0n) is 16.9. The molecule has 0 saturated carbocycles. The van der Waals surface area contributed by atoms with E-state index < -0.39 is 0 Å². The minimum atomic E-state index is -0.295. The van der Waals surface area contributed by atoms with Gasteiger partial charge in [-0.15, -0.1) is 0 Å². The summed E-state index contributed by atoms with van der Waals surface area (Å²) < 4.78 is 0. The number of nitrogens with zero attached hydrogens (tertiary/aromatic N) is 3. The molecule has 0 bridgehead atoms. The van der Waals surface area contributed by atoms with Crippen LogP contribution in [0, 0.1) is 17.2 Å². The van der Waals surface area contributed by atoms with Gasteiger partial charge in [0, 0.05) is 26.1 Å². The van der Waals surface area contributed by atoms with Crippen LogP contribution in [0.1, 0.15) is 50.3 Å². The molecule has 1 fully saturated rings. The Hall–Kier alpha value is -2.39. The predicted octanol–water partition coefficient (Wildman–Crippen LogP) is 2.26. The average molecular weight is 383 g/mol. The summed E-state index contributed by atoms with van der Waals surface area (Å²) in [6, 6.07) is 10.4. The summed E-state index contributed by atoms with van der Waals surface area (Å²) in [6.45, 7) is 6.37. The molecule has 6 heteroatoms. The number of carbonyl (C=O) groups excluding carboxylic acids is 2. The highest BCUT2D eigenvalue weighted by atomic mass is 16.2. The first-order chi connectivity index (χ1) is 13.5. The Labute approximate surface area is 167 Å². The van der Waals surface area contributed by atoms with Gasteiger partial charge in [-0.3, -0.25) is 9.59 Å². The van der Waals surface area contributed by atoms with Gasteiger partial charge in [-0.05, 0) is 36.3 Å². The quantitative estimate of drug-likeness (QED) is 0.766. The molecule has 0 aromatic heterocycles. The molecule has 6 nitrogen and oxygen atoms in total. The van der Waals surface area contributed by atoms with Crippen LogP contribution < -0.4 is 5.32 Å². The van der Waals surface area contributed by atoms with E-state index in [1.54, 1.807) is 4.90 Å². The lowest BCUT2D eigenvalue weighted by Crippen LogP contribution is -2.44. The van der Waals surface area contributed by atoms with Crippen molar-refractivity contribution in [1.29, 1.82) is 5.26 Å². The first kappa shape index (κ1) is 20.3. The Kier molecular flexibility index (Phi) is 6.69. The third-order valence-corrected chi connectivity index (χ3v) is 5.80. The number of amides is 2. The van der Waals surface area contributed by atoms with Crippen LogP contribution >= 0.6 is 0 Å². The molecule has 150 valence electrons. The monoisotopic (exact) mass is 382 g/mol. The van der Waals surface area contributed by atoms with Crippen molar-refractivity contribution in [3.05, 3.63) is 35.4 Å². The SMILES string of the molecule is CC(C)C1c2ccccc2CCN1C(=O)CCNCC(=O)N1CCC[C@H]1C#N. The Morgan fingerprint density at radius 3 is 2.75 bits per heavy atom. The Bertz CT molecular complexity index is 755. The predicted molar refractivity (Wildman–Crippen MR) is 107 cm³/mol. The van der Waals surface area contributed by atoms with Crippen molar-refractivity contribution in [2.45, 2.75) is 51.6 Å². The molecule has 1 aromatic carbocycles. The fourth-order valence-corrected chi connectivity index (χ4v) is 4.43. The molecule has 2 heterocycles. The van der Waals surface area contributed by atoms with Gasteiger partial charge in [-0.1, -0.05) is 38.1 Å². The fraction of sp³-hybridized carbons (Fsp3) is 0.591. The lowest BCUT2D eigenvalue weighted by Gasteiger charge is -2.40. The molecule has 1 unspecified atom stereocenters. The summed E-state index contributed by atoms with van der Waals surface area (Å²) >= 11 is 0. The van der Waals surface area contributed by atoms with Gasteiger partial charge >= 0.3 is 0 Å². The second-order valence-corrected chi connectivity index (χ2v) is 8.03. The van der Waals surface area contributed by atoms with Crippen molar-refractivity contribution < 1.29 is 9.59 Å². The molecule has 3 rings (SSSR count). The smallest absolute Gasteiger partial charge is 0.237 e. The maximum atomic E-state index is 12.9. The molecule has 0 radical (unpaired) electrons. The number of benzene rings is 1. The molecule has 28 heavy (non-hydrogen) atoms. The second kappa shape index (κ2) is 9.20. The van der Waals surface area contributed by atoms with Crippen LogP contribution in [0.2, 0.25) is 0 Å². The van der Waals surface area contributed by atoms with Gasteiger partial charge in [-0.25, -0.2) is 0 Å². The van der Waals surface area contributed by atoms with Crippen molar-refractivity contribution in [2.75, 3.05) is 26.2 Å². The molecule has 1 aromatic rings. The number of fused-ring (bicyclic) bond motifs is 1. The summed E-state index contributed by atoms with van der Waals surface area (Å²) in [5.74, 6) is 0.422. The van der Waals surface area contributed by atoms with E-state index in [0.29, 0.717) is 25.4 Å². The maximum absolute atomic E-state index is 12.9. The zero-order valence-corrected chi connectivity index (χ0v) is 16.9. The van der Waals surface area contributed by atoms with Gasteiger partial charge in [0.15, 0.2) is 0 Å². The number of hydrogen-bond donors (Lipinski definition) is 1. The minimum absolute atomic E-state index is 0.0524. The molecule has 2 aliphatic rings. The fourth-order valence-electron chi connectivity index (χ4n) is 4.43. The molecule has 2 amide bonds. The highest BCUT2D eigenvalue weighted by Crippen LogP contribution is 2.35. The normalized spacial score (nSPS) is 21.5. The standard InChI is InChI=1S/C22H30N4O2/c1-16(2)22-19-8-4-3-6-17(19)10-13-26(22)20(27)9-11-24-15-21(28)25-12-5-7-18(25)14-23/h3-4,6,8,16,18,22,24H,5,7,9-13,15H2,1-2H3/t18-,22?/m0/s1. The van der Waals surface area contributed by atoms with E-state index in [1.807, 2.05) is 11.0 Å². The number of carbonyl (C=O) groups is 2. The van der Waals surface area contributed by atoms with Crippen LogP contribution in [-0.2, 0) is 16.0 Å². The second-order valence-electron chi connectivity index (χ2n) is 8.03. The lowest BCUT2D eigenvalue weighted by molar-refractivity contribution is -0.135. The average Bonchev–Trinajstić information content (AvgIpc) is 3.18. The van der Waals surface area contributed by atoms with E-state index in [1.165, 1.54) is 11.1 Å². The first-order valence-corrected chi connectivity index (χ1v) is 10.3. The molecule has 0 aliphatic carbocycles. The van der Waals surface area contributed by atoms with Crippen LogP contribution in [0.25, 0.3) is 0 Å². The minimum Gasteiger partial charge on any atom is -0.335 e. The Morgan fingerprint density at radius 2 is 2.00 bits per heavy atom. The van der Waals surface area contributed by atoms with Crippen molar-refractivity contribution >= 4 is 11.8 Å².